The van der Waals surface area contributed by atoms with Crippen LogP contribution in [0.1, 0.15) is 23.6 Å². The van der Waals surface area contributed by atoms with Gasteiger partial charge in [-0.2, -0.15) is 0 Å². The summed E-state index contributed by atoms with van der Waals surface area (Å²) in [5.41, 5.74) is 5.03. The fraction of sp³-hybridized carbons (Fsp3) is 0.250. The topological polar surface area (TPSA) is 38.3 Å². The minimum absolute atomic E-state index is 0.0317. The van der Waals surface area contributed by atoms with E-state index in [9.17, 15) is 4.79 Å². The molecular weight excluding hydrogens is 286 g/mol. The van der Waals surface area contributed by atoms with E-state index in [0.717, 1.165) is 33.7 Å². The largest absolute Gasteiger partial charge is 0.489 e. The summed E-state index contributed by atoms with van der Waals surface area (Å²) in [6, 6.07) is 13.6. The van der Waals surface area contributed by atoms with Gasteiger partial charge < -0.3 is 10.1 Å². The summed E-state index contributed by atoms with van der Waals surface area (Å²) in [5, 5.41) is 2.92. The molecule has 0 heterocycles. The Bertz CT molecular complexity index is 719. The first-order chi connectivity index (χ1) is 10.9. The minimum Gasteiger partial charge on any atom is -0.489 e. The molecule has 0 radical (unpaired) electrons. The van der Waals surface area contributed by atoms with E-state index in [2.05, 4.69) is 24.0 Å². The molecule has 23 heavy (non-hydrogen) atoms. The van der Waals surface area contributed by atoms with Crippen molar-refractivity contribution in [1.29, 1.82) is 0 Å². The molecule has 0 aliphatic rings. The van der Waals surface area contributed by atoms with E-state index >= 15 is 0 Å². The predicted octanol–water partition coefficient (Wildman–Crippen LogP) is 4.44. The van der Waals surface area contributed by atoms with Gasteiger partial charge in [0.25, 0.3) is 0 Å². The first-order valence-electron chi connectivity index (χ1n) is 7.67. The lowest BCUT2D eigenvalue weighted by Gasteiger charge is -2.10. The SMILES string of the molecule is C=C(C)COc1cccc(NC(=O)Cc2cc(C)ccc2C)c1. The number of ether oxygens (including phenoxy) is 1. The Kier molecular flexibility index (Phi) is 5.58. The lowest BCUT2D eigenvalue weighted by Crippen LogP contribution is -2.15. The van der Waals surface area contributed by atoms with Crippen molar-refractivity contribution < 1.29 is 9.53 Å². The number of carbonyl (C=O) groups is 1. The molecule has 0 saturated heterocycles. The number of amides is 1. The maximum atomic E-state index is 12.3. The highest BCUT2D eigenvalue weighted by molar-refractivity contribution is 5.92. The van der Waals surface area contributed by atoms with Crippen LogP contribution < -0.4 is 10.1 Å². The average Bonchev–Trinajstić information content (AvgIpc) is 2.49. The highest BCUT2D eigenvalue weighted by Gasteiger charge is 2.07. The van der Waals surface area contributed by atoms with Gasteiger partial charge in [0.1, 0.15) is 12.4 Å². The molecule has 0 aliphatic carbocycles. The number of aryl methyl sites for hydroxylation is 2. The third-order valence-electron chi connectivity index (χ3n) is 3.46. The number of carbonyl (C=O) groups excluding carboxylic acids is 1. The quantitative estimate of drug-likeness (QED) is 0.801. The highest BCUT2D eigenvalue weighted by Crippen LogP contribution is 2.19. The Morgan fingerprint density at radius 2 is 1.96 bits per heavy atom. The smallest absolute Gasteiger partial charge is 0.228 e. The molecule has 0 fully saturated rings. The van der Waals surface area contributed by atoms with Gasteiger partial charge >= 0.3 is 0 Å². The molecule has 2 aromatic rings. The van der Waals surface area contributed by atoms with E-state index in [-0.39, 0.29) is 5.91 Å². The van der Waals surface area contributed by atoms with Crippen LogP contribution in [-0.2, 0) is 11.2 Å². The minimum atomic E-state index is -0.0317. The number of hydrogen-bond donors (Lipinski definition) is 1. The molecule has 3 heteroatoms. The molecule has 1 N–H and O–H groups in total. The van der Waals surface area contributed by atoms with Crippen molar-refractivity contribution in [2.75, 3.05) is 11.9 Å². The summed E-state index contributed by atoms with van der Waals surface area (Å²) >= 11 is 0. The van der Waals surface area contributed by atoms with E-state index in [1.807, 2.05) is 51.1 Å². The first kappa shape index (κ1) is 16.8. The van der Waals surface area contributed by atoms with Crippen molar-refractivity contribution in [3.05, 3.63) is 71.3 Å². The average molecular weight is 309 g/mol. The monoisotopic (exact) mass is 309 g/mol. The molecule has 3 nitrogen and oxygen atoms in total. The number of anilines is 1. The van der Waals surface area contributed by atoms with Gasteiger partial charge in [-0.1, -0.05) is 36.4 Å². The Labute approximate surface area is 138 Å². The maximum Gasteiger partial charge on any atom is 0.228 e. The molecule has 2 rings (SSSR count). The summed E-state index contributed by atoms with van der Waals surface area (Å²) in [7, 11) is 0. The molecule has 0 saturated carbocycles. The molecule has 1 amide bonds. The zero-order valence-corrected chi connectivity index (χ0v) is 14.0. The molecular formula is C20H23NO2. The van der Waals surface area contributed by atoms with Crippen LogP contribution in [0.15, 0.2) is 54.6 Å². The normalized spacial score (nSPS) is 10.2. The van der Waals surface area contributed by atoms with Crippen molar-refractivity contribution in [3.63, 3.8) is 0 Å². The van der Waals surface area contributed by atoms with Gasteiger partial charge in [0.2, 0.25) is 5.91 Å². The Morgan fingerprint density at radius 3 is 2.70 bits per heavy atom. The van der Waals surface area contributed by atoms with Gasteiger partial charge in [-0.25, -0.2) is 0 Å². The number of hydrogen-bond acceptors (Lipinski definition) is 2. The Balaban J connectivity index is 2.01. The maximum absolute atomic E-state index is 12.3. The Morgan fingerprint density at radius 1 is 1.17 bits per heavy atom. The van der Waals surface area contributed by atoms with E-state index in [0.29, 0.717) is 13.0 Å². The lowest BCUT2D eigenvalue weighted by atomic mass is 10.0. The van der Waals surface area contributed by atoms with E-state index in [1.165, 1.54) is 0 Å². The van der Waals surface area contributed by atoms with Crippen LogP contribution in [0.5, 0.6) is 5.75 Å². The zero-order chi connectivity index (χ0) is 16.8. The molecule has 0 aliphatic heterocycles. The van der Waals surface area contributed by atoms with Gasteiger partial charge in [-0.05, 0) is 49.6 Å². The molecule has 120 valence electrons. The first-order valence-corrected chi connectivity index (χ1v) is 7.67. The molecule has 2 aromatic carbocycles. The van der Waals surface area contributed by atoms with Gasteiger partial charge in [0.15, 0.2) is 0 Å². The van der Waals surface area contributed by atoms with Gasteiger partial charge in [0.05, 0.1) is 6.42 Å². The van der Waals surface area contributed by atoms with Gasteiger partial charge in [0, 0.05) is 11.8 Å². The summed E-state index contributed by atoms with van der Waals surface area (Å²) in [6.07, 6.45) is 0.365. The molecule has 0 spiro atoms. The summed E-state index contributed by atoms with van der Waals surface area (Å²) in [5.74, 6) is 0.688. The second-order valence-corrected chi connectivity index (χ2v) is 5.93. The molecule has 0 aromatic heterocycles. The van der Waals surface area contributed by atoms with E-state index < -0.39 is 0 Å². The number of rotatable bonds is 6. The number of nitrogens with one attached hydrogen (secondary N) is 1. The highest BCUT2D eigenvalue weighted by atomic mass is 16.5. The van der Waals surface area contributed by atoms with E-state index in [4.69, 9.17) is 4.74 Å². The van der Waals surface area contributed by atoms with Crippen molar-refractivity contribution in [1.82, 2.24) is 0 Å². The van der Waals surface area contributed by atoms with Gasteiger partial charge in [-0.3, -0.25) is 4.79 Å². The van der Waals surface area contributed by atoms with Crippen LogP contribution in [0.4, 0.5) is 5.69 Å². The zero-order valence-electron chi connectivity index (χ0n) is 14.0. The van der Waals surface area contributed by atoms with Crippen LogP contribution in [0.25, 0.3) is 0 Å². The third-order valence-corrected chi connectivity index (χ3v) is 3.46. The second kappa shape index (κ2) is 7.63. The van der Waals surface area contributed by atoms with Crippen molar-refractivity contribution in [3.8, 4) is 5.75 Å². The van der Waals surface area contributed by atoms with Crippen molar-refractivity contribution >= 4 is 11.6 Å². The standard InChI is InChI=1S/C20H23NO2/c1-14(2)13-23-19-7-5-6-18(12-19)21-20(22)11-17-10-15(3)8-9-16(17)4/h5-10,12H,1,11,13H2,2-4H3,(H,21,22). The van der Waals surface area contributed by atoms with Crippen molar-refractivity contribution in [2.24, 2.45) is 0 Å². The molecule has 0 unspecified atom stereocenters. The third kappa shape index (κ3) is 5.29. The van der Waals surface area contributed by atoms with E-state index in [1.54, 1.807) is 0 Å². The fourth-order valence-corrected chi connectivity index (χ4v) is 2.24. The van der Waals surface area contributed by atoms with Crippen LogP contribution in [-0.4, -0.2) is 12.5 Å². The second-order valence-electron chi connectivity index (χ2n) is 5.93. The molecule has 0 bridgehead atoms. The Hall–Kier alpha value is -2.55. The summed E-state index contributed by atoms with van der Waals surface area (Å²) < 4.78 is 5.59. The van der Waals surface area contributed by atoms with Crippen LogP contribution in [0.3, 0.4) is 0 Å². The van der Waals surface area contributed by atoms with Crippen LogP contribution in [0, 0.1) is 13.8 Å². The van der Waals surface area contributed by atoms with Crippen molar-refractivity contribution in [2.45, 2.75) is 27.2 Å². The van der Waals surface area contributed by atoms with Crippen LogP contribution >= 0.6 is 0 Å². The fourth-order valence-electron chi connectivity index (χ4n) is 2.24. The summed E-state index contributed by atoms with van der Waals surface area (Å²) in [6.45, 7) is 10.2. The number of benzene rings is 2. The lowest BCUT2D eigenvalue weighted by molar-refractivity contribution is -0.115. The van der Waals surface area contributed by atoms with Crippen LogP contribution in [0.2, 0.25) is 0 Å². The predicted molar refractivity (Wildman–Crippen MR) is 95.0 cm³/mol. The summed E-state index contributed by atoms with van der Waals surface area (Å²) in [4.78, 5) is 12.3. The molecule has 0 atom stereocenters. The van der Waals surface area contributed by atoms with Gasteiger partial charge in [-0.15, -0.1) is 0 Å².